The van der Waals surface area contributed by atoms with Crippen molar-refractivity contribution in [2.45, 2.75) is 31.5 Å². The molecule has 0 aromatic heterocycles. The van der Waals surface area contributed by atoms with Crippen molar-refractivity contribution < 1.29 is 13.2 Å². The van der Waals surface area contributed by atoms with E-state index in [0.717, 1.165) is 12.8 Å². The van der Waals surface area contributed by atoms with Gasteiger partial charge < -0.3 is 5.73 Å². The molecule has 0 unspecified atom stereocenters. The molecule has 1 fully saturated rings. The van der Waals surface area contributed by atoms with Gasteiger partial charge in [-0.25, -0.2) is 0 Å². The molecule has 13 heavy (non-hydrogen) atoms. The fourth-order valence-corrected chi connectivity index (χ4v) is 1.36. The SMILES string of the molecule is NCCCN(CC(F)(F)F)C1CC1. The van der Waals surface area contributed by atoms with E-state index in [2.05, 4.69) is 0 Å². The summed E-state index contributed by atoms with van der Waals surface area (Å²) in [7, 11) is 0. The summed E-state index contributed by atoms with van der Waals surface area (Å²) in [6.45, 7) is 0.152. The van der Waals surface area contributed by atoms with Crippen LogP contribution in [-0.4, -0.2) is 36.8 Å². The Hall–Kier alpha value is -0.290. The van der Waals surface area contributed by atoms with Crippen molar-refractivity contribution in [1.82, 2.24) is 4.90 Å². The molecule has 0 amide bonds. The third-order valence-corrected chi connectivity index (χ3v) is 2.10. The van der Waals surface area contributed by atoms with Crippen LogP contribution in [0.15, 0.2) is 0 Å². The van der Waals surface area contributed by atoms with Crippen LogP contribution in [0.4, 0.5) is 13.2 Å². The van der Waals surface area contributed by atoms with Crippen LogP contribution in [0.5, 0.6) is 0 Å². The second kappa shape index (κ2) is 4.28. The molecule has 2 N–H and O–H groups in total. The van der Waals surface area contributed by atoms with Crippen LogP contribution in [0.25, 0.3) is 0 Å². The van der Waals surface area contributed by atoms with Crippen molar-refractivity contribution >= 4 is 0 Å². The predicted octanol–water partition coefficient (Wildman–Crippen LogP) is 1.36. The fourth-order valence-electron chi connectivity index (χ4n) is 1.36. The summed E-state index contributed by atoms with van der Waals surface area (Å²) in [6, 6.07) is 0.160. The molecule has 1 saturated carbocycles. The molecule has 0 atom stereocenters. The van der Waals surface area contributed by atoms with Crippen LogP contribution in [0.3, 0.4) is 0 Å². The van der Waals surface area contributed by atoms with Crippen molar-refractivity contribution in [2.24, 2.45) is 5.73 Å². The number of halogens is 3. The Kier molecular flexibility index (Phi) is 3.55. The van der Waals surface area contributed by atoms with Crippen LogP contribution >= 0.6 is 0 Å². The molecule has 0 bridgehead atoms. The van der Waals surface area contributed by atoms with Gasteiger partial charge in [0.05, 0.1) is 6.54 Å². The summed E-state index contributed by atoms with van der Waals surface area (Å²) in [5.41, 5.74) is 5.25. The first-order valence-corrected chi connectivity index (χ1v) is 4.54. The van der Waals surface area contributed by atoms with E-state index in [1.54, 1.807) is 0 Å². The summed E-state index contributed by atoms with van der Waals surface area (Å²) >= 11 is 0. The quantitative estimate of drug-likeness (QED) is 0.719. The zero-order valence-corrected chi connectivity index (χ0v) is 7.48. The average Bonchev–Trinajstić information content (AvgIpc) is 2.77. The van der Waals surface area contributed by atoms with Gasteiger partial charge in [0.15, 0.2) is 0 Å². The molecule has 0 radical (unpaired) electrons. The smallest absolute Gasteiger partial charge is 0.330 e. The highest BCUT2D eigenvalue weighted by Gasteiger charge is 2.37. The molecule has 0 aliphatic heterocycles. The van der Waals surface area contributed by atoms with Gasteiger partial charge in [-0.05, 0) is 32.4 Å². The lowest BCUT2D eigenvalue weighted by molar-refractivity contribution is -0.147. The monoisotopic (exact) mass is 196 g/mol. The zero-order chi connectivity index (χ0) is 9.90. The second-order valence-corrected chi connectivity index (χ2v) is 3.46. The van der Waals surface area contributed by atoms with Crippen molar-refractivity contribution in [3.05, 3.63) is 0 Å². The number of hydrogen-bond acceptors (Lipinski definition) is 2. The van der Waals surface area contributed by atoms with Gasteiger partial charge in [0.1, 0.15) is 0 Å². The molecule has 5 heteroatoms. The van der Waals surface area contributed by atoms with E-state index >= 15 is 0 Å². The Morgan fingerprint density at radius 3 is 2.31 bits per heavy atom. The van der Waals surface area contributed by atoms with Crippen LogP contribution in [-0.2, 0) is 0 Å². The molecule has 0 aromatic carbocycles. The largest absolute Gasteiger partial charge is 0.401 e. The zero-order valence-electron chi connectivity index (χ0n) is 7.48. The van der Waals surface area contributed by atoms with E-state index in [4.69, 9.17) is 5.73 Å². The minimum Gasteiger partial charge on any atom is -0.330 e. The Morgan fingerprint density at radius 2 is 1.92 bits per heavy atom. The third kappa shape index (κ3) is 4.47. The summed E-state index contributed by atoms with van der Waals surface area (Å²) in [4.78, 5) is 1.49. The van der Waals surface area contributed by atoms with Crippen molar-refractivity contribution in [3.8, 4) is 0 Å². The molecule has 1 rings (SSSR count). The molecule has 0 heterocycles. The van der Waals surface area contributed by atoms with Gasteiger partial charge in [0.2, 0.25) is 0 Å². The average molecular weight is 196 g/mol. The highest BCUT2D eigenvalue weighted by atomic mass is 19.4. The van der Waals surface area contributed by atoms with Gasteiger partial charge in [-0.1, -0.05) is 0 Å². The normalized spacial score (nSPS) is 18.2. The summed E-state index contributed by atoms with van der Waals surface area (Å²) in [6.07, 6.45) is -1.62. The third-order valence-electron chi connectivity index (χ3n) is 2.10. The van der Waals surface area contributed by atoms with Gasteiger partial charge in [0.25, 0.3) is 0 Å². The summed E-state index contributed by atoms with van der Waals surface area (Å²) in [5.74, 6) is 0. The number of alkyl halides is 3. The maximum atomic E-state index is 12.0. The van der Waals surface area contributed by atoms with Crippen molar-refractivity contribution in [3.63, 3.8) is 0 Å². The van der Waals surface area contributed by atoms with E-state index in [-0.39, 0.29) is 6.04 Å². The maximum absolute atomic E-state index is 12.0. The molecule has 2 nitrogen and oxygen atoms in total. The van der Waals surface area contributed by atoms with Gasteiger partial charge in [0, 0.05) is 6.04 Å². The van der Waals surface area contributed by atoms with E-state index in [9.17, 15) is 13.2 Å². The molecular weight excluding hydrogens is 181 g/mol. The van der Waals surface area contributed by atoms with Crippen LogP contribution < -0.4 is 5.73 Å². The van der Waals surface area contributed by atoms with Crippen LogP contribution in [0, 0.1) is 0 Å². The minimum atomic E-state index is -4.07. The lowest BCUT2D eigenvalue weighted by Crippen LogP contribution is -2.37. The number of nitrogens with zero attached hydrogens (tertiary/aromatic N) is 1. The first kappa shape index (κ1) is 10.8. The van der Waals surface area contributed by atoms with Crippen molar-refractivity contribution in [1.29, 1.82) is 0 Å². The van der Waals surface area contributed by atoms with Crippen LogP contribution in [0.2, 0.25) is 0 Å². The second-order valence-electron chi connectivity index (χ2n) is 3.46. The predicted molar refractivity (Wildman–Crippen MR) is 44.3 cm³/mol. The topological polar surface area (TPSA) is 29.3 Å². The Morgan fingerprint density at radius 1 is 1.31 bits per heavy atom. The summed E-state index contributed by atoms with van der Waals surface area (Å²) < 4.78 is 36.1. The molecule has 0 saturated heterocycles. The highest BCUT2D eigenvalue weighted by Crippen LogP contribution is 2.29. The van der Waals surface area contributed by atoms with E-state index in [0.29, 0.717) is 19.5 Å². The van der Waals surface area contributed by atoms with E-state index in [1.807, 2.05) is 0 Å². The molecule has 1 aliphatic carbocycles. The van der Waals surface area contributed by atoms with Gasteiger partial charge in [-0.2, -0.15) is 13.2 Å². The number of rotatable bonds is 5. The van der Waals surface area contributed by atoms with Crippen molar-refractivity contribution in [2.75, 3.05) is 19.6 Å². The Bertz CT molecular complexity index is 154. The molecule has 0 aromatic rings. The molecule has 78 valence electrons. The summed E-state index contributed by atoms with van der Waals surface area (Å²) in [5, 5.41) is 0. The number of nitrogens with two attached hydrogens (primary N) is 1. The fraction of sp³-hybridized carbons (Fsp3) is 1.00. The molecular formula is C8H15F3N2. The minimum absolute atomic E-state index is 0.160. The Labute approximate surface area is 75.9 Å². The first-order valence-electron chi connectivity index (χ1n) is 4.54. The lowest BCUT2D eigenvalue weighted by Gasteiger charge is -2.22. The molecule has 0 spiro atoms. The van der Waals surface area contributed by atoms with Gasteiger partial charge in [-0.3, -0.25) is 4.90 Å². The Balaban J connectivity index is 2.29. The number of hydrogen-bond donors (Lipinski definition) is 1. The standard InChI is InChI=1S/C8H15F3N2/c9-8(10,11)6-13(5-1-4-12)7-2-3-7/h7H,1-6,12H2. The van der Waals surface area contributed by atoms with E-state index < -0.39 is 12.7 Å². The lowest BCUT2D eigenvalue weighted by atomic mass is 10.3. The molecule has 1 aliphatic rings. The highest BCUT2D eigenvalue weighted by molar-refractivity contribution is 4.85. The van der Waals surface area contributed by atoms with Gasteiger partial charge >= 0.3 is 6.18 Å². The van der Waals surface area contributed by atoms with E-state index in [1.165, 1.54) is 4.90 Å². The maximum Gasteiger partial charge on any atom is 0.401 e. The van der Waals surface area contributed by atoms with Crippen LogP contribution in [0.1, 0.15) is 19.3 Å². The first-order chi connectivity index (χ1) is 6.03. The van der Waals surface area contributed by atoms with Gasteiger partial charge in [-0.15, -0.1) is 0 Å².